The number of nitrogens with one attached hydrogen (secondary N) is 1. The van der Waals surface area contributed by atoms with Crippen LogP contribution in [-0.2, 0) is 0 Å². The minimum absolute atomic E-state index is 0.405. The van der Waals surface area contributed by atoms with E-state index in [2.05, 4.69) is 28.2 Å². The van der Waals surface area contributed by atoms with Crippen LogP contribution in [0.25, 0.3) is 0 Å². The second kappa shape index (κ2) is 6.19. The van der Waals surface area contributed by atoms with Crippen molar-refractivity contribution in [3.05, 3.63) is 0 Å². The molecular weight excluding hydrogens is 200 g/mol. The molecule has 16 heavy (non-hydrogen) atoms. The average Bonchev–Trinajstić information content (AvgIpc) is 2.44. The second-order valence-corrected chi connectivity index (χ2v) is 4.91. The van der Waals surface area contributed by atoms with E-state index in [-0.39, 0.29) is 0 Å². The van der Waals surface area contributed by atoms with E-state index in [9.17, 15) is 5.26 Å². The van der Waals surface area contributed by atoms with Gasteiger partial charge >= 0.3 is 0 Å². The predicted octanol–water partition coefficient (Wildman–Crippen LogP) is 0.516. The number of likely N-dealkylation sites (N-methyl/N-ethyl adjacent to an activating group) is 2. The molecule has 1 aliphatic heterocycles. The highest BCUT2D eigenvalue weighted by atomic mass is 15.2. The van der Waals surface area contributed by atoms with Crippen LogP contribution in [0.1, 0.15) is 20.3 Å². The molecule has 1 heterocycles. The predicted molar refractivity (Wildman–Crippen MR) is 66.2 cm³/mol. The molecule has 1 rings (SSSR count). The van der Waals surface area contributed by atoms with Gasteiger partial charge in [0.15, 0.2) is 0 Å². The minimum atomic E-state index is -0.405. The molecule has 92 valence electrons. The lowest BCUT2D eigenvalue weighted by molar-refractivity contribution is 0.226. The molecule has 0 aliphatic carbocycles. The summed E-state index contributed by atoms with van der Waals surface area (Å²) >= 11 is 0. The molecule has 1 fully saturated rings. The molecule has 0 saturated carbocycles. The summed E-state index contributed by atoms with van der Waals surface area (Å²) in [6.45, 7) is 10.2. The molecule has 0 aromatic heterocycles. The third-order valence-corrected chi connectivity index (χ3v) is 3.17. The van der Waals surface area contributed by atoms with Gasteiger partial charge in [0.2, 0.25) is 0 Å². The van der Waals surface area contributed by atoms with Crippen molar-refractivity contribution in [2.75, 3.05) is 46.3 Å². The third-order valence-electron chi connectivity index (χ3n) is 3.17. The highest BCUT2D eigenvalue weighted by Crippen LogP contribution is 2.08. The molecule has 0 aromatic rings. The summed E-state index contributed by atoms with van der Waals surface area (Å²) in [5.41, 5.74) is -0.405. The van der Waals surface area contributed by atoms with Crippen LogP contribution in [0.5, 0.6) is 0 Å². The molecule has 0 spiro atoms. The Labute approximate surface area is 99.2 Å². The van der Waals surface area contributed by atoms with Gasteiger partial charge in [-0.3, -0.25) is 10.2 Å². The van der Waals surface area contributed by atoms with Crippen LogP contribution in [0.15, 0.2) is 0 Å². The van der Waals surface area contributed by atoms with E-state index in [1.807, 2.05) is 13.8 Å². The fourth-order valence-corrected chi connectivity index (χ4v) is 2.23. The van der Waals surface area contributed by atoms with E-state index in [0.29, 0.717) is 0 Å². The quantitative estimate of drug-likeness (QED) is 0.756. The fraction of sp³-hybridized carbons (Fsp3) is 0.917. The van der Waals surface area contributed by atoms with Gasteiger partial charge in [-0.1, -0.05) is 6.92 Å². The Morgan fingerprint density at radius 2 is 2.06 bits per heavy atom. The second-order valence-electron chi connectivity index (χ2n) is 4.91. The lowest BCUT2D eigenvalue weighted by atomic mass is 10.0. The number of rotatable bonds is 4. The summed E-state index contributed by atoms with van der Waals surface area (Å²) in [7, 11) is 2.16. The van der Waals surface area contributed by atoms with Crippen molar-refractivity contribution in [3.8, 4) is 6.07 Å². The van der Waals surface area contributed by atoms with E-state index in [0.717, 1.165) is 32.7 Å². The SMILES string of the molecule is CCNC(C)(C#N)CN1CCCN(C)CC1. The zero-order chi connectivity index (χ0) is 12.0. The zero-order valence-electron chi connectivity index (χ0n) is 10.8. The monoisotopic (exact) mass is 224 g/mol. The summed E-state index contributed by atoms with van der Waals surface area (Å²) < 4.78 is 0. The highest BCUT2D eigenvalue weighted by molar-refractivity contribution is 5.05. The van der Waals surface area contributed by atoms with Gasteiger partial charge in [-0.2, -0.15) is 5.26 Å². The molecule has 1 aliphatic rings. The van der Waals surface area contributed by atoms with Gasteiger partial charge in [-0.15, -0.1) is 0 Å². The first-order chi connectivity index (χ1) is 7.59. The summed E-state index contributed by atoms with van der Waals surface area (Å²) in [6.07, 6.45) is 1.20. The van der Waals surface area contributed by atoms with Crippen LogP contribution in [0, 0.1) is 11.3 Å². The Bertz CT molecular complexity index is 248. The maximum absolute atomic E-state index is 9.22. The smallest absolute Gasteiger partial charge is 0.116 e. The van der Waals surface area contributed by atoms with Crippen molar-refractivity contribution in [1.29, 1.82) is 5.26 Å². The summed E-state index contributed by atoms with van der Waals surface area (Å²) in [6, 6.07) is 2.39. The summed E-state index contributed by atoms with van der Waals surface area (Å²) in [4.78, 5) is 4.76. The summed E-state index contributed by atoms with van der Waals surface area (Å²) in [5, 5.41) is 12.5. The van der Waals surface area contributed by atoms with Gasteiger partial charge in [0.05, 0.1) is 6.07 Å². The van der Waals surface area contributed by atoms with E-state index < -0.39 is 5.54 Å². The highest BCUT2D eigenvalue weighted by Gasteiger charge is 2.26. The molecule has 0 amide bonds. The van der Waals surface area contributed by atoms with Gasteiger partial charge in [-0.05, 0) is 40.0 Å². The van der Waals surface area contributed by atoms with Crippen LogP contribution >= 0.6 is 0 Å². The third kappa shape index (κ3) is 4.09. The Morgan fingerprint density at radius 1 is 1.31 bits per heavy atom. The van der Waals surface area contributed by atoms with Crippen LogP contribution < -0.4 is 5.32 Å². The van der Waals surface area contributed by atoms with E-state index in [1.165, 1.54) is 13.0 Å². The van der Waals surface area contributed by atoms with Crippen molar-refractivity contribution in [3.63, 3.8) is 0 Å². The molecule has 1 unspecified atom stereocenters. The normalized spacial score (nSPS) is 23.4. The largest absolute Gasteiger partial charge is 0.305 e. The van der Waals surface area contributed by atoms with Gasteiger partial charge in [-0.25, -0.2) is 0 Å². The first-order valence-electron chi connectivity index (χ1n) is 6.17. The van der Waals surface area contributed by atoms with Crippen molar-refractivity contribution >= 4 is 0 Å². The first-order valence-corrected chi connectivity index (χ1v) is 6.17. The van der Waals surface area contributed by atoms with Gasteiger partial charge in [0, 0.05) is 19.6 Å². The van der Waals surface area contributed by atoms with E-state index >= 15 is 0 Å². The van der Waals surface area contributed by atoms with Crippen LogP contribution in [0.3, 0.4) is 0 Å². The number of nitriles is 1. The lowest BCUT2D eigenvalue weighted by Gasteiger charge is -2.30. The molecule has 1 saturated heterocycles. The van der Waals surface area contributed by atoms with Crippen molar-refractivity contribution in [2.45, 2.75) is 25.8 Å². The lowest BCUT2D eigenvalue weighted by Crippen LogP contribution is -2.51. The first kappa shape index (κ1) is 13.4. The minimum Gasteiger partial charge on any atom is -0.305 e. The zero-order valence-corrected chi connectivity index (χ0v) is 10.8. The van der Waals surface area contributed by atoms with Crippen LogP contribution in [0.2, 0.25) is 0 Å². The van der Waals surface area contributed by atoms with Crippen LogP contribution in [-0.4, -0.2) is 61.7 Å². The molecule has 0 bridgehead atoms. The molecule has 0 radical (unpaired) electrons. The molecule has 1 atom stereocenters. The van der Waals surface area contributed by atoms with Crippen LogP contribution in [0.4, 0.5) is 0 Å². The van der Waals surface area contributed by atoms with Crippen molar-refractivity contribution in [1.82, 2.24) is 15.1 Å². The number of hydrogen-bond acceptors (Lipinski definition) is 4. The number of nitrogens with zero attached hydrogens (tertiary/aromatic N) is 3. The standard InChI is InChI=1S/C12H24N4/c1-4-14-12(2,10-13)11-16-7-5-6-15(3)8-9-16/h14H,4-9,11H2,1-3H3. The molecule has 4 nitrogen and oxygen atoms in total. The van der Waals surface area contributed by atoms with Gasteiger partial charge in [0.25, 0.3) is 0 Å². The van der Waals surface area contributed by atoms with Crippen molar-refractivity contribution < 1.29 is 0 Å². The molecule has 0 aromatic carbocycles. The molecule has 1 N–H and O–H groups in total. The van der Waals surface area contributed by atoms with Crippen molar-refractivity contribution in [2.24, 2.45) is 0 Å². The Hall–Kier alpha value is -0.630. The average molecular weight is 224 g/mol. The van der Waals surface area contributed by atoms with E-state index in [4.69, 9.17) is 0 Å². The maximum atomic E-state index is 9.22. The topological polar surface area (TPSA) is 42.3 Å². The van der Waals surface area contributed by atoms with Gasteiger partial charge < -0.3 is 4.90 Å². The number of hydrogen-bond donors (Lipinski definition) is 1. The Balaban J connectivity index is 2.48. The Kier molecular flexibility index (Phi) is 5.20. The molecular formula is C12H24N4. The fourth-order valence-electron chi connectivity index (χ4n) is 2.23. The molecule has 4 heteroatoms. The Morgan fingerprint density at radius 3 is 2.69 bits per heavy atom. The summed E-state index contributed by atoms with van der Waals surface area (Å²) in [5.74, 6) is 0. The maximum Gasteiger partial charge on any atom is 0.116 e. The van der Waals surface area contributed by atoms with E-state index in [1.54, 1.807) is 0 Å². The van der Waals surface area contributed by atoms with Gasteiger partial charge in [0.1, 0.15) is 5.54 Å².